The highest BCUT2D eigenvalue weighted by Crippen LogP contribution is 2.21. The zero-order valence-electron chi connectivity index (χ0n) is 13.8. The van der Waals surface area contributed by atoms with Gasteiger partial charge in [0.1, 0.15) is 12.4 Å². The number of amides is 1. The summed E-state index contributed by atoms with van der Waals surface area (Å²) in [7, 11) is 0. The van der Waals surface area contributed by atoms with E-state index < -0.39 is 0 Å². The molecule has 0 atom stereocenters. The Morgan fingerprint density at radius 1 is 1.16 bits per heavy atom. The predicted molar refractivity (Wildman–Crippen MR) is 106 cm³/mol. The highest BCUT2D eigenvalue weighted by Gasteiger charge is 2.18. The third kappa shape index (κ3) is 5.73. The maximum absolute atomic E-state index is 12.6. The molecule has 0 radical (unpaired) electrons. The lowest BCUT2D eigenvalue weighted by Gasteiger charge is -2.24. The van der Waals surface area contributed by atoms with Crippen molar-refractivity contribution in [3.63, 3.8) is 0 Å². The minimum absolute atomic E-state index is 0. The van der Waals surface area contributed by atoms with E-state index in [1.54, 1.807) is 0 Å². The largest absolute Gasteiger partial charge is 0.488 e. The molecule has 1 fully saturated rings. The monoisotopic (exact) mass is 424 g/mol. The van der Waals surface area contributed by atoms with Crippen LogP contribution in [0.1, 0.15) is 28.8 Å². The van der Waals surface area contributed by atoms with Crippen molar-refractivity contribution >= 4 is 34.2 Å². The topological polar surface area (TPSA) is 50.4 Å². The van der Waals surface area contributed by atoms with Crippen molar-refractivity contribution in [2.45, 2.75) is 25.5 Å². The van der Waals surface area contributed by atoms with Crippen LogP contribution in [0.2, 0.25) is 0 Å². The Kier molecular flexibility index (Phi) is 7.75. The van der Waals surface area contributed by atoms with Gasteiger partial charge in [-0.25, -0.2) is 0 Å². The van der Waals surface area contributed by atoms with Gasteiger partial charge in [0, 0.05) is 10.5 Å². The van der Waals surface area contributed by atoms with Gasteiger partial charge in [-0.1, -0.05) is 40.2 Å². The summed E-state index contributed by atoms with van der Waals surface area (Å²) < 4.78 is 6.91. The molecule has 2 N–H and O–H groups in total. The van der Waals surface area contributed by atoms with Gasteiger partial charge in [0.05, 0.1) is 5.56 Å². The molecular formula is C19H22BrClN2O2. The molecule has 2 aromatic carbocycles. The Morgan fingerprint density at radius 3 is 2.68 bits per heavy atom. The summed E-state index contributed by atoms with van der Waals surface area (Å²) in [5, 5.41) is 6.42. The number of hydrogen-bond donors (Lipinski definition) is 2. The zero-order valence-corrected chi connectivity index (χ0v) is 16.2. The van der Waals surface area contributed by atoms with Crippen molar-refractivity contribution in [3.05, 3.63) is 64.1 Å². The third-order valence-corrected chi connectivity index (χ3v) is 4.58. The maximum atomic E-state index is 12.6. The van der Waals surface area contributed by atoms with Crippen molar-refractivity contribution in [1.29, 1.82) is 0 Å². The number of benzene rings is 2. The number of nitrogens with one attached hydrogen (secondary N) is 2. The van der Waals surface area contributed by atoms with Crippen molar-refractivity contribution in [2.24, 2.45) is 0 Å². The lowest BCUT2D eigenvalue weighted by molar-refractivity contribution is 0.0925. The van der Waals surface area contributed by atoms with Crippen LogP contribution in [0.4, 0.5) is 0 Å². The van der Waals surface area contributed by atoms with Crippen LogP contribution in [0.5, 0.6) is 5.75 Å². The molecule has 2 aromatic rings. The van der Waals surface area contributed by atoms with E-state index in [-0.39, 0.29) is 24.4 Å². The Hall–Kier alpha value is -1.56. The second kappa shape index (κ2) is 9.80. The summed E-state index contributed by atoms with van der Waals surface area (Å²) in [6.07, 6.45) is 1.93. The minimum Gasteiger partial charge on any atom is -0.488 e. The van der Waals surface area contributed by atoms with E-state index in [0.29, 0.717) is 17.9 Å². The maximum Gasteiger partial charge on any atom is 0.255 e. The fraction of sp³-hybridized carbons (Fsp3) is 0.316. The molecule has 6 heteroatoms. The van der Waals surface area contributed by atoms with Crippen molar-refractivity contribution in [1.82, 2.24) is 10.6 Å². The first-order valence-electron chi connectivity index (χ1n) is 8.20. The van der Waals surface area contributed by atoms with Crippen LogP contribution in [0, 0.1) is 0 Å². The van der Waals surface area contributed by atoms with E-state index in [9.17, 15) is 4.79 Å². The average Bonchev–Trinajstić information content (AvgIpc) is 2.61. The number of ether oxygens (including phenoxy) is 1. The first kappa shape index (κ1) is 19.8. The molecular weight excluding hydrogens is 404 g/mol. The summed E-state index contributed by atoms with van der Waals surface area (Å²) >= 11 is 3.46. The fourth-order valence-corrected chi connectivity index (χ4v) is 3.24. The Balaban J connectivity index is 0.00000225. The van der Waals surface area contributed by atoms with Crippen molar-refractivity contribution in [2.75, 3.05) is 13.1 Å². The van der Waals surface area contributed by atoms with Gasteiger partial charge in [0.15, 0.2) is 0 Å². The summed E-state index contributed by atoms with van der Waals surface area (Å²) in [5.41, 5.74) is 1.64. The molecule has 25 heavy (non-hydrogen) atoms. The van der Waals surface area contributed by atoms with Gasteiger partial charge >= 0.3 is 0 Å². The molecule has 0 aliphatic carbocycles. The van der Waals surface area contributed by atoms with E-state index in [1.807, 2.05) is 48.5 Å². The smallest absolute Gasteiger partial charge is 0.255 e. The molecule has 3 rings (SSSR count). The van der Waals surface area contributed by atoms with E-state index >= 15 is 0 Å². The summed E-state index contributed by atoms with van der Waals surface area (Å²) in [6.45, 7) is 2.33. The zero-order chi connectivity index (χ0) is 16.8. The number of piperidine rings is 1. The molecule has 1 amide bonds. The number of para-hydroxylation sites is 1. The predicted octanol–water partition coefficient (Wildman–Crippen LogP) is 3.93. The minimum atomic E-state index is -0.0632. The normalized spacial score (nSPS) is 14.4. The Bertz CT molecular complexity index is 705. The number of hydrogen-bond acceptors (Lipinski definition) is 3. The number of rotatable bonds is 5. The molecule has 0 saturated carbocycles. The van der Waals surface area contributed by atoms with Gasteiger partial charge in [0.2, 0.25) is 0 Å². The van der Waals surface area contributed by atoms with Crippen LogP contribution < -0.4 is 15.4 Å². The third-order valence-electron chi connectivity index (χ3n) is 4.09. The van der Waals surface area contributed by atoms with Gasteiger partial charge in [-0.3, -0.25) is 4.79 Å². The first-order chi connectivity index (χ1) is 11.7. The van der Waals surface area contributed by atoms with E-state index in [2.05, 4.69) is 26.6 Å². The lowest BCUT2D eigenvalue weighted by Crippen LogP contribution is -2.42. The average molecular weight is 426 g/mol. The van der Waals surface area contributed by atoms with Gasteiger partial charge in [-0.05, 0) is 55.8 Å². The number of carbonyl (C=O) groups excluding carboxylic acids is 1. The Labute approximate surface area is 162 Å². The van der Waals surface area contributed by atoms with Crippen LogP contribution in [0.15, 0.2) is 53.0 Å². The molecule has 0 unspecified atom stereocenters. The second-order valence-corrected chi connectivity index (χ2v) is 6.83. The summed E-state index contributed by atoms with van der Waals surface area (Å²) in [6, 6.07) is 15.6. The van der Waals surface area contributed by atoms with Crippen LogP contribution >= 0.6 is 28.3 Å². The number of halogens is 2. The molecule has 1 saturated heterocycles. The SMILES string of the molecule is Cl.O=C(NC1CCNCC1)c1ccccc1OCc1cccc(Br)c1. The van der Waals surface area contributed by atoms with Crippen molar-refractivity contribution < 1.29 is 9.53 Å². The molecule has 1 aliphatic rings. The van der Waals surface area contributed by atoms with Crippen LogP contribution in [-0.4, -0.2) is 25.0 Å². The standard InChI is InChI=1S/C19H21BrN2O2.ClH/c20-15-5-3-4-14(12-15)13-24-18-7-2-1-6-17(18)19(23)22-16-8-10-21-11-9-16;/h1-7,12,16,21H,8-11,13H2,(H,22,23);1H. The summed E-state index contributed by atoms with van der Waals surface area (Å²) in [4.78, 5) is 12.6. The fourth-order valence-electron chi connectivity index (χ4n) is 2.80. The van der Waals surface area contributed by atoms with Crippen LogP contribution in [0.3, 0.4) is 0 Å². The highest BCUT2D eigenvalue weighted by atomic mass is 79.9. The van der Waals surface area contributed by atoms with E-state index in [1.165, 1.54) is 0 Å². The highest BCUT2D eigenvalue weighted by molar-refractivity contribution is 9.10. The van der Waals surface area contributed by atoms with Gasteiger partial charge < -0.3 is 15.4 Å². The van der Waals surface area contributed by atoms with Gasteiger partial charge in [-0.2, -0.15) is 0 Å². The molecule has 1 aliphatic heterocycles. The molecule has 4 nitrogen and oxygen atoms in total. The second-order valence-electron chi connectivity index (χ2n) is 5.91. The first-order valence-corrected chi connectivity index (χ1v) is 8.99. The van der Waals surface area contributed by atoms with Crippen LogP contribution in [-0.2, 0) is 6.61 Å². The van der Waals surface area contributed by atoms with E-state index in [0.717, 1.165) is 36.0 Å². The van der Waals surface area contributed by atoms with E-state index in [4.69, 9.17) is 4.74 Å². The number of carbonyl (C=O) groups is 1. The molecule has 134 valence electrons. The molecule has 0 spiro atoms. The molecule has 0 aromatic heterocycles. The van der Waals surface area contributed by atoms with Gasteiger partial charge in [-0.15, -0.1) is 12.4 Å². The summed E-state index contributed by atoms with van der Waals surface area (Å²) in [5.74, 6) is 0.552. The quantitative estimate of drug-likeness (QED) is 0.763. The van der Waals surface area contributed by atoms with Crippen molar-refractivity contribution in [3.8, 4) is 5.75 Å². The van der Waals surface area contributed by atoms with Gasteiger partial charge in [0.25, 0.3) is 5.91 Å². The van der Waals surface area contributed by atoms with Crippen LogP contribution in [0.25, 0.3) is 0 Å². The Morgan fingerprint density at radius 2 is 1.92 bits per heavy atom. The molecule has 1 heterocycles. The lowest BCUT2D eigenvalue weighted by atomic mass is 10.1. The molecule has 0 bridgehead atoms.